The largest absolute Gasteiger partial charge is 0.508 e. The van der Waals surface area contributed by atoms with E-state index in [9.17, 15) is 24.3 Å². The van der Waals surface area contributed by atoms with Gasteiger partial charge < -0.3 is 35.8 Å². The van der Waals surface area contributed by atoms with Crippen LogP contribution in [0.2, 0.25) is 0 Å². The molecule has 11 nitrogen and oxygen atoms in total. The normalized spacial score (nSPS) is 24.0. The summed E-state index contributed by atoms with van der Waals surface area (Å²) < 4.78 is 11.0. The molecule has 5 atom stereocenters. The van der Waals surface area contributed by atoms with Gasteiger partial charge in [0.1, 0.15) is 23.4 Å². The van der Waals surface area contributed by atoms with Crippen LogP contribution in [0, 0.1) is 6.92 Å². The molecular formula is C31H44N4O7. The summed E-state index contributed by atoms with van der Waals surface area (Å²) in [4.78, 5) is 52.9. The van der Waals surface area contributed by atoms with Gasteiger partial charge in [0.05, 0.1) is 31.8 Å². The Bertz CT molecular complexity index is 1190. The minimum Gasteiger partial charge on any atom is -0.508 e. The van der Waals surface area contributed by atoms with E-state index in [0.29, 0.717) is 37.3 Å². The highest BCUT2D eigenvalue weighted by Gasteiger charge is 2.50. The lowest BCUT2D eigenvalue weighted by molar-refractivity contribution is -0.134. The molecule has 2 fully saturated rings. The van der Waals surface area contributed by atoms with Gasteiger partial charge in [0.25, 0.3) is 0 Å². The van der Waals surface area contributed by atoms with Gasteiger partial charge in [-0.25, -0.2) is 0 Å². The summed E-state index contributed by atoms with van der Waals surface area (Å²) >= 11 is 0. The number of carbonyl (C=O) groups excluding carboxylic acids is 4. The Balaban J connectivity index is 1.46. The maximum atomic E-state index is 13.7. The predicted molar refractivity (Wildman–Crippen MR) is 156 cm³/mol. The van der Waals surface area contributed by atoms with Crippen LogP contribution >= 0.6 is 0 Å². The number of aryl methyl sites for hydroxylation is 1. The predicted octanol–water partition coefficient (Wildman–Crippen LogP) is 1.34. The van der Waals surface area contributed by atoms with Crippen molar-refractivity contribution in [1.29, 1.82) is 0 Å². The van der Waals surface area contributed by atoms with E-state index in [1.807, 2.05) is 0 Å². The van der Waals surface area contributed by atoms with Gasteiger partial charge >= 0.3 is 0 Å². The number of morpholine rings is 1. The number of epoxide rings is 1. The van der Waals surface area contributed by atoms with Crippen molar-refractivity contribution in [3.8, 4) is 5.75 Å². The van der Waals surface area contributed by atoms with Crippen LogP contribution in [0.3, 0.4) is 0 Å². The molecule has 1 aromatic carbocycles. The number of phenols is 1. The van der Waals surface area contributed by atoms with E-state index >= 15 is 0 Å². The molecule has 42 heavy (non-hydrogen) atoms. The highest BCUT2D eigenvalue weighted by atomic mass is 16.6. The zero-order valence-electron chi connectivity index (χ0n) is 24.8. The Kier molecular flexibility index (Phi) is 10.7. The molecule has 2 aliphatic heterocycles. The molecular weight excluding hydrogens is 540 g/mol. The minimum absolute atomic E-state index is 0.0744. The Morgan fingerprint density at radius 1 is 1.10 bits per heavy atom. The standard InChI is InChI=1S/C31H44N4O7/c1-19-9-10-22(15-26(19)36)14-25(35-29(39)20(2)33-27(37)16-23-17-32-11-12-41-23)30(40)34-24(28(38)31(3)18-42-31)13-21-7-5-4-6-8-21/h7,9-10,15,20,23-25,32,36H,4-6,8,11-14,16-18H2,1-3H3,(H,33,37)(H,34,40)(H,35,39)/t20-,23?,24-,25-,31+/m0/s1. The van der Waals surface area contributed by atoms with Crippen LogP contribution in [-0.4, -0.2) is 84.7 Å². The topological polar surface area (TPSA) is 158 Å². The monoisotopic (exact) mass is 584 g/mol. The maximum absolute atomic E-state index is 13.7. The quantitative estimate of drug-likeness (QED) is 0.172. The average Bonchev–Trinajstić information content (AvgIpc) is 3.73. The first-order valence-corrected chi connectivity index (χ1v) is 14.9. The number of benzene rings is 1. The summed E-state index contributed by atoms with van der Waals surface area (Å²) in [5, 5.41) is 21.7. The van der Waals surface area contributed by atoms with Gasteiger partial charge in [0, 0.05) is 19.5 Å². The Labute approximate surface area is 247 Å². The van der Waals surface area contributed by atoms with Crippen LogP contribution in [0.4, 0.5) is 0 Å². The van der Waals surface area contributed by atoms with Gasteiger partial charge in [-0.1, -0.05) is 23.8 Å². The first-order valence-electron chi connectivity index (χ1n) is 14.9. The van der Waals surface area contributed by atoms with E-state index in [-0.39, 0.29) is 36.4 Å². The van der Waals surface area contributed by atoms with Crippen LogP contribution in [0.1, 0.15) is 63.5 Å². The molecule has 0 aromatic heterocycles. The second kappa shape index (κ2) is 14.3. The Morgan fingerprint density at radius 3 is 2.50 bits per heavy atom. The molecule has 3 aliphatic rings. The molecule has 0 spiro atoms. The highest BCUT2D eigenvalue weighted by Crippen LogP contribution is 2.31. The molecule has 0 saturated carbocycles. The molecule has 1 unspecified atom stereocenters. The lowest BCUT2D eigenvalue weighted by Crippen LogP contribution is -2.57. The van der Waals surface area contributed by atoms with Gasteiger partial charge in [-0.2, -0.15) is 0 Å². The van der Waals surface area contributed by atoms with E-state index in [1.165, 1.54) is 0 Å². The van der Waals surface area contributed by atoms with Crippen molar-refractivity contribution in [3.63, 3.8) is 0 Å². The molecule has 1 aromatic rings. The van der Waals surface area contributed by atoms with Crippen molar-refractivity contribution in [3.05, 3.63) is 41.0 Å². The summed E-state index contributed by atoms with van der Waals surface area (Å²) in [6.45, 7) is 7.14. The van der Waals surface area contributed by atoms with Gasteiger partial charge in [-0.3, -0.25) is 19.2 Å². The summed E-state index contributed by atoms with van der Waals surface area (Å²) in [5.41, 5.74) is 1.51. The third-order valence-corrected chi connectivity index (χ3v) is 8.12. The van der Waals surface area contributed by atoms with Crippen molar-refractivity contribution in [2.45, 2.75) is 95.5 Å². The van der Waals surface area contributed by atoms with Crippen LogP contribution in [0.15, 0.2) is 29.8 Å². The summed E-state index contributed by atoms with van der Waals surface area (Å²) in [6, 6.07) is 2.29. The summed E-state index contributed by atoms with van der Waals surface area (Å²) in [5.74, 6) is -1.52. The van der Waals surface area contributed by atoms with Crippen molar-refractivity contribution < 1.29 is 33.8 Å². The minimum atomic E-state index is -1.06. The van der Waals surface area contributed by atoms with E-state index in [2.05, 4.69) is 27.3 Å². The number of phenolic OH excluding ortho intramolecular Hbond substituents is 1. The number of carbonyl (C=O) groups is 4. The maximum Gasteiger partial charge on any atom is 0.243 e. The van der Waals surface area contributed by atoms with Crippen molar-refractivity contribution >= 4 is 23.5 Å². The molecule has 4 rings (SSSR count). The number of amides is 3. The lowest BCUT2D eigenvalue weighted by atomic mass is 9.89. The number of aromatic hydroxyl groups is 1. The van der Waals surface area contributed by atoms with Crippen molar-refractivity contribution in [2.24, 2.45) is 0 Å². The molecule has 2 saturated heterocycles. The third-order valence-electron chi connectivity index (χ3n) is 8.12. The number of Topliss-reactive ketones (excluding diaryl/α,β-unsaturated/α-hetero) is 1. The van der Waals surface area contributed by atoms with Crippen LogP contribution in [-0.2, 0) is 35.1 Å². The van der Waals surface area contributed by atoms with Crippen molar-refractivity contribution in [2.75, 3.05) is 26.3 Å². The lowest BCUT2D eigenvalue weighted by Gasteiger charge is -2.27. The molecule has 3 amide bonds. The zero-order valence-corrected chi connectivity index (χ0v) is 24.8. The molecule has 2 heterocycles. The number of rotatable bonds is 13. The Morgan fingerprint density at radius 2 is 1.86 bits per heavy atom. The smallest absolute Gasteiger partial charge is 0.243 e. The summed E-state index contributed by atoms with van der Waals surface area (Å²) in [7, 11) is 0. The summed E-state index contributed by atoms with van der Waals surface area (Å²) in [6.07, 6.45) is 6.40. The van der Waals surface area contributed by atoms with Gasteiger partial charge in [-0.05, 0) is 70.1 Å². The SMILES string of the molecule is Cc1ccc(C[C@H](NC(=O)[C@H](C)NC(=O)CC2CNCCO2)C(=O)N[C@@H](CC2=CCCCC2)C(=O)[C@@]2(C)CO2)cc1O. The van der Waals surface area contributed by atoms with Crippen molar-refractivity contribution in [1.82, 2.24) is 21.3 Å². The fourth-order valence-corrected chi connectivity index (χ4v) is 5.30. The third kappa shape index (κ3) is 8.86. The second-order valence-corrected chi connectivity index (χ2v) is 11.8. The second-order valence-electron chi connectivity index (χ2n) is 11.8. The van der Waals surface area contributed by atoms with Gasteiger partial charge in [-0.15, -0.1) is 0 Å². The highest BCUT2D eigenvalue weighted by molar-refractivity contribution is 5.98. The molecule has 0 radical (unpaired) electrons. The average molecular weight is 585 g/mol. The number of ether oxygens (including phenoxy) is 2. The van der Waals surface area contributed by atoms with E-state index in [4.69, 9.17) is 9.47 Å². The van der Waals surface area contributed by atoms with E-state index in [0.717, 1.165) is 37.8 Å². The number of nitrogens with one attached hydrogen (secondary N) is 4. The van der Waals surface area contributed by atoms with Gasteiger partial charge in [0.15, 0.2) is 5.78 Å². The molecule has 1 aliphatic carbocycles. The first-order chi connectivity index (χ1) is 20.0. The Hall–Kier alpha value is -3.28. The molecule has 11 heteroatoms. The number of hydrogen-bond donors (Lipinski definition) is 5. The fraction of sp³-hybridized carbons (Fsp3) is 0.613. The van der Waals surface area contributed by atoms with Gasteiger partial charge in [0.2, 0.25) is 17.7 Å². The number of allylic oxidation sites excluding steroid dienone is 1. The van der Waals surface area contributed by atoms with Crippen LogP contribution in [0.25, 0.3) is 0 Å². The van der Waals surface area contributed by atoms with E-state index < -0.39 is 35.5 Å². The number of ketones is 1. The first kappa shape index (κ1) is 31.7. The van der Waals surface area contributed by atoms with E-state index in [1.54, 1.807) is 39.0 Å². The fourth-order valence-electron chi connectivity index (χ4n) is 5.30. The molecule has 230 valence electrons. The van der Waals surface area contributed by atoms with Crippen LogP contribution in [0.5, 0.6) is 5.75 Å². The molecule has 0 bridgehead atoms. The zero-order chi connectivity index (χ0) is 30.3. The number of hydrogen-bond acceptors (Lipinski definition) is 8. The molecule has 5 N–H and O–H groups in total. The van der Waals surface area contributed by atoms with Crippen LogP contribution < -0.4 is 21.3 Å².